The highest BCUT2D eigenvalue weighted by molar-refractivity contribution is 6.06. The van der Waals surface area contributed by atoms with Crippen LogP contribution in [0.15, 0.2) is 77.3 Å². The van der Waals surface area contributed by atoms with Gasteiger partial charge in [0.2, 0.25) is 11.7 Å². The summed E-state index contributed by atoms with van der Waals surface area (Å²) in [4.78, 5) is 25.0. The van der Waals surface area contributed by atoms with Crippen molar-refractivity contribution in [1.82, 2.24) is 5.16 Å². The van der Waals surface area contributed by atoms with E-state index in [1.807, 2.05) is 36.4 Å². The summed E-state index contributed by atoms with van der Waals surface area (Å²) in [5, 5.41) is 9.65. The van der Waals surface area contributed by atoms with E-state index in [9.17, 15) is 9.59 Å². The predicted molar refractivity (Wildman–Crippen MR) is 111 cm³/mol. The smallest absolute Gasteiger partial charge is 0.294 e. The van der Waals surface area contributed by atoms with Crippen LogP contribution in [0.25, 0.3) is 11.3 Å². The molecule has 3 aromatic rings. The molecule has 0 aliphatic heterocycles. The molecule has 2 aromatic carbocycles. The van der Waals surface area contributed by atoms with Gasteiger partial charge in [-0.1, -0.05) is 59.8 Å². The van der Waals surface area contributed by atoms with Crippen molar-refractivity contribution in [3.05, 3.63) is 78.6 Å². The first-order chi connectivity index (χ1) is 14.2. The normalized spacial score (nSPS) is 15.2. The van der Waals surface area contributed by atoms with Crippen molar-refractivity contribution in [2.45, 2.75) is 19.3 Å². The van der Waals surface area contributed by atoms with E-state index in [1.165, 1.54) is 0 Å². The van der Waals surface area contributed by atoms with Gasteiger partial charge in [0, 0.05) is 18.1 Å². The molecule has 6 heteroatoms. The predicted octanol–water partition coefficient (Wildman–Crippen LogP) is 4.89. The second-order valence-corrected chi connectivity index (χ2v) is 6.96. The molecule has 1 heterocycles. The summed E-state index contributed by atoms with van der Waals surface area (Å²) < 4.78 is 5.21. The Labute approximate surface area is 168 Å². The number of para-hydroxylation sites is 2. The van der Waals surface area contributed by atoms with Gasteiger partial charge in [0.15, 0.2) is 0 Å². The van der Waals surface area contributed by atoms with Gasteiger partial charge in [-0.15, -0.1) is 0 Å². The van der Waals surface area contributed by atoms with Gasteiger partial charge in [-0.05, 0) is 30.9 Å². The summed E-state index contributed by atoms with van der Waals surface area (Å²) in [6.07, 6.45) is 6.64. The lowest BCUT2D eigenvalue weighted by Gasteiger charge is -2.13. The van der Waals surface area contributed by atoms with Gasteiger partial charge >= 0.3 is 0 Å². The van der Waals surface area contributed by atoms with E-state index in [4.69, 9.17) is 4.52 Å². The van der Waals surface area contributed by atoms with Crippen LogP contribution in [0.3, 0.4) is 0 Å². The van der Waals surface area contributed by atoms with E-state index < -0.39 is 5.91 Å². The summed E-state index contributed by atoms with van der Waals surface area (Å²) in [5.74, 6) is -0.127. The maximum absolute atomic E-state index is 12.6. The van der Waals surface area contributed by atoms with E-state index in [0.29, 0.717) is 23.5 Å². The highest BCUT2D eigenvalue weighted by atomic mass is 16.5. The fourth-order valence-electron chi connectivity index (χ4n) is 3.32. The monoisotopic (exact) mass is 387 g/mol. The topological polar surface area (TPSA) is 84.2 Å². The molecule has 1 unspecified atom stereocenters. The Balaban J connectivity index is 1.44. The average Bonchev–Trinajstić information content (AvgIpc) is 3.42. The Bertz CT molecular complexity index is 1040. The third-order valence-corrected chi connectivity index (χ3v) is 4.81. The Hall–Kier alpha value is -3.67. The fourth-order valence-corrected chi connectivity index (χ4v) is 3.32. The molecule has 0 spiro atoms. The van der Waals surface area contributed by atoms with E-state index in [1.54, 1.807) is 24.3 Å². The molecule has 1 aliphatic carbocycles. The Kier molecular flexibility index (Phi) is 5.52. The van der Waals surface area contributed by atoms with E-state index >= 15 is 0 Å². The molecule has 29 heavy (non-hydrogen) atoms. The molecule has 0 radical (unpaired) electrons. The number of nitrogens with one attached hydrogen (secondary N) is 2. The van der Waals surface area contributed by atoms with Gasteiger partial charge in [-0.25, -0.2) is 0 Å². The number of hydrogen-bond donors (Lipinski definition) is 2. The molecular weight excluding hydrogens is 366 g/mol. The number of carbonyl (C=O) groups is 2. The number of aromatic nitrogens is 1. The van der Waals surface area contributed by atoms with Crippen molar-refractivity contribution in [3.63, 3.8) is 0 Å². The molecule has 2 amide bonds. The molecule has 0 saturated heterocycles. The molecule has 0 bridgehead atoms. The van der Waals surface area contributed by atoms with Crippen molar-refractivity contribution in [2.24, 2.45) is 5.92 Å². The number of amides is 2. The number of nitrogens with zero attached hydrogens (tertiary/aromatic N) is 1. The largest absolute Gasteiger partial charge is 0.350 e. The Morgan fingerprint density at radius 2 is 1.72 bits per heavy atom. The minimum absolute atomic E-state index is 0.0747. The first-order valence-electron chi connectivity index (χ1n) is 9.58. The third kappa shape index (κ3) is 4.60. The quantitative estimate of drug-likeness (QED) is 0.590. The highest BCUT2D eigenvalue weighted by Crippen LogP contribution is 2.25. The first-order valence-corrected chi connectivity index (χ1v) is 9.58. The lowest BCUT2D eigenvalue weighted by atomic mass is 10.0. The molecule has 0 fully saturated rings. The summed E-state index contributed by atoms with van der Waals surface area (Å²) in [5.41, 5.74) is 2.51. The fraction of sp³-hybridized carbons (Fsp3) is 0.174. The minimum atomic E-state index is -0.430. The first kappa shape index (κ1) is 18.7. The molecule has 4 rings (SSSR count). The molecule has 146 valence electrons. The standard InChI is InChI=1S/C23H21N3O3/c27-22(14-16-8-4-5-9-16)24-18-12-6-7-13-19(18)25-23(28)21-15-20(26-29-21)17-10-2-1-3-11-17/h1-4,6-8,10-13,15-16H,5,9,14H2,(H,24,27)(H,25,28). The maximum atomic E-state index is 12.6. The SMILES string of the molecule is O=C(CC1C=CCC1)Nc1ccccc1NC(=O)c1cc(-c2ccccc2)no1. The van der Waals surface area contributed by atoms with Crippen molar-refractivity contribution in [1.29, 1.82) is 0 Å². The molecule has 0 saturated carbocycles. The molecule has 6 nitrogen and oxygen atoms in total. The lowest BCUT2D eigenvalue weighted by molar-refractivity contribution is -0.116. The number of hydrogen-bond acceptors (Lipinski definition) is 4. The van der Waals surface area contributed by atoms with Crippen LogP contribution in [0.5, 0.6) is 0 Å². The molecule has 1 aliphatic rings. The zero-order chi connectivity index (χ0) is 20.1. The second kappa shape index (κ2) is 8.56. The van der Waals surface area contributed by atoms with Crippen LogP contribution in [0.2, 0.25) is 0 Å². The zero-order valence-corrected chi connectivity index (χ0v) is 15.8. The van der Waals surface area contributed by atoms with Crippen molar-refractivity contribution < 1.29 is 14.1 Å². The van der Waals surface area contributed by atoms with Crippen LogP contribution < -0.4 is 10.6 Å². The van der Waals surface area contributed by atoms with Gasteiger partial charge in [-0.2, -0.15) is 0 Å². The number of allylic oxidation sites excluding steroid dienone is 2. The third-order valence-electron chi connectivity index (χ3n) is 4.81. The number of anilines is 2. The van der Waals surface area contributed by atoms with Crippen LogP contribution in [0, 0.1) is 5.92 Å². The Morgan fingerprint density at radius 1 is 1.00 bits per heavy atom. The van der Waals surface area contributed by atoms with Gasteiger partial charge < -0.3 is 15.2 Å². The summed E-state index contributed by atoms with van der Waals surface area (Å²) >= 11 is 0. The number of rotatable bonds is 6. The molecule has 2 N–H and O–H groups in total. The highest BCUT2D eigenvalue weighted by Gasteiger charge is 2.18. The van der Waals surface area contributed by atoms with Crippen LogP contribution in [0.1, 0.15) is 29.8 Å². The summed E-state index contributed by atoms with van der Waals surface area (Å²) in [6, 6.07) is 18.2. The van der Waals surface area contributed by atoms with Gasteiger partial charge in [0.25, 0.3) is 5.91 Å². The van der Waals surface area contributed by atoms with E-state index in [2.05, 4.69) is 27.9 Å². The summed E-state index contributed by atoms with van der Waals surface area (Å²) in [7, 11) is 0. The number of carbonyl (C=O) groups excluding carboxylic acids is 2. The average molecular weight is 387 g/mol. The zero-order valence-electron chi connectivity index (χ0n) is 15.8. The minimum Gasteiger partial charge on any atom is -0.350 e. The summed E-state index contributed by atoms with van der Waals surface area (Å²) in [6.45, 7) is 0. The molecule has 1 atom stereocenters. The molecular formula is C23H21N3O3. The van der Waals surface area contributed by atoms with Crippen LogP contribution in [0.4, 0.5) is 11.4 Å². The molecule has 1 aromatic heterocycles. The van der Waals surface area contributed by atoms with Crippen LogP contribution in [-0.2, 0) is 4.79 Å². The van der Waals surface area contributed by atoms with Gasteiger partial charge in [0.05, 0.1) is 11.4 Å². The van der Waals surface area contributed by atoms with Gasteiger partial charge in [-0.3, -0.25) is 9.59 Å². The van der Waals surface area contributed by atoms with Crippen molar-refractivity contribution in [3.8, 4) is 11.3 Å². The lowest BCUT2D eigenvalue weighted by Crippen LogP contribution is -2.17. The van der Waals surface area contributed by atoms with E-state index in [0.717, 1.165) is 18.4 Å². The Morgan fingerprint density at radius 3 is 2.45 bits per heavy atom. The second-order valence-electron chi connectivity index (χ2n) is 6.96. The number of benzene rings is 2. The van der Waals surface area contributed by atoms with Gasteiger partial charge in [0.1, 0.15) is 5.69 Å². The van der Waals surface area contributed by atoms with Crippen LogP contribution in [-0.4, -0.2) is 17.0 Å². The maximum Gasteiger partial charge on any atom is 0.294 e. The van der Waals surface area contributed by atoms with Crippen molar-refractivity contribution >= 4 is 23.2 Å². The van der Waals surface area contributed by atoms with E-state index in [-0.39, 0.29) is 17.6 Å². The van der Waals surface area contributed by atoms with Crippen molar-refractivity contribution in [2.75, 3.05) is 10.6 Å². The van der Waals surface area contributed by atoms with Crippen LogP contribution >= 0.6 is 0 Å².